The van der Waals surface area contributed by atoms with Gasteiger partial charge in [-0.2, -0.15) is 0 Å². The molecule has 1 saturated carbocycles. The third-order valence-corrected chi connectivity index (χ3v) is 3.15. The number of carbonyl (C=O) groups excluding carboxylic acids is 1. The smallest absolute Gasteiger partial charge is 0.331 e. The van der Waals surface area contributed by atoms with Crippen molar-refractivity contribution in [3.8, 4) is 0 Å². The van der Waals surface area contributed by atoms with Crippen molar-refractivity contribution in [1.82, 2.24) is 0 Å². The minimum atomic E-state index is -0.346. The molecule has 4 nitrogen and oxygen atoms in total. The summed E-state index contributed by atoms with van der Waals surface area (Å²) in [5, 5.41) is 0. The minimum absolute atomic E-state index is 0.0908. The fourth-order valence-corrected chi connectivity index (χ4v) is 2.35. The van der Waals surface area contributed by atoms with E-state index < -0.39 is 0 Å². The molecule has 0 bridgehead atoms. The van der Waals surface area contributed by atoms with Gasteiger partial charge in [0.25, 0.3) is 0 Å². The molecule has 1 aliphatic carbocycles. The Hall–Kier alpha value is -1.13. The highest BCUT2D eigenvalue weighted by Gasteiger charge is 2.41. The first-order chi connectivity index (χ1) is 8.92. The maximum Gasteiger partial charge on any atom is 0.331 e. The number of hydrogen-bond acceptors (Lipinski definition) is 4. The van der Waals surface area contributed by atoms with E-state index in [1.807, 2.05) is 6.92 Å². The number of esters is 1. The molecule has 4 heteroatoms. The molecule has 19 heavy (non-hydrogen) atoms. The van der Waals surface area contributed by atoms with Crippen molar-refractivity contribution >= 4 is 5.97 Å². The van der Waals surface area contributed by atoms with E-state index in [0.717, 1.165) is 17.6 Å². The monoisotopic (exact) mass is 268 g/mol. The summed E-state index contributed by atoms with van der Waals surface area (Å²) in [5.74, 6) is -0.346. The predicted octanol–water partition coefficient (Wildman–Crippen LogP) is 2.84. The van der Waals surface area contributed by atoms with E-state index in [0.29, 0.717) is 13.2 Å². The molecule has 1 fully saturated rings. The molecule has 0 aromatic carbocycles. The van der Waals surface area contributed by atoms with Crippen LogP contribution in [-0.2, 0) is 19.0 Å². The zero-order valence-electron chi connectivity index (χ0n) is 12.3. The number of rotatable bonds is 6. The Bertz CT molecular complexity index is 368. The average molecular weight is 268 g/mol. The van der Waals surface area contributed by atoms with Gasteiger partial charge in [0.15, 0.2) is 0 Å². The largest absolute Gasteiger partial charge is 0.463 e. The first-order valence-electron chi connectivity index (χ1n) is 6.68. The van der Waals surface area contributed by atoms with Crippen molar-refractivity contribution in [2.75, 3.05) is 20.0 Å². The summed E-state index contributed by atoms with van der Waals surface area (Å²) < 4.78 is 15.9. The van der Waals surface area contributed by atoms with Gasteiger partial charge >= 0.3 is 5.97 Å². The molecule has 0 amide bonds. The fraction of sp³-hybridized carbons (Fsp3) is 0.667. The SMILES string of the molecule is C=C1CC(C)(C)C(OCOCC)/C1=C\C(=O)OCC. The van der Waals surface area contributed by atoms with Gasteiger partial charge in [-0.15, -0.1) is 0 Å². The van der Waals surface area contributed by atoms with E-state index in [2.05, 4.69) is 20.4 Å². The predicted molar refractivity (Wildman–Crippen MR) is 73.6 cm³/mol. The molecule has 0 radical (unpaired) electrons. The zero-order chi connectivity index (χ0) is 14.5. The lowest BCUT2D eigenvalue weighted by Gasteiger charge is -2.27. The maximum absolute atomic E-state index is 11.6. The van der Waals surface area contributed by atoms with Gasteiger partial charge in [0.2, 0.25) is 0 Å². The summed E-state index contributed by atoms with van der Waals surface area (Å²) in [5.41, 5.74) is 1.66. The molecular formula is C15H24O4. The molecule has 0 saturated heterocycles. The summed E-state index contributed by atoms with van der Waals surface area (Å²) in [6.45, 7) is 13.1. The second kappa shape index (κ2) is 6.87. The summed E-state index contributed by atoms with van der Waals surface area (Å²) in [7, 11) is 0. The van der Waals surface area contributed by atoms with Crippen LogP contribution >= 0.6 is 0 Å². The molecule has 1 atom stereocenters. The third kappa shape index (κ3) is 4.18. The van der Waals surface area contributed by atoms with Crippen LogP contribution in [0.3, 0.4) is 0 Å². The molecule has 0 heterocycles. The Morgan fingerprint density at radius 2 is 2.11 bits per heavy atom. The van der Waals surface area contributed by atoms with E-state index >= 15 is 0 Å². The van der Waals surface area contributed by atoms with Crippen molar-refractivity contribution in [2.45, 2.75) is 40.2 Å². The molecule has 1 aliphatic rings. The lowest BCUT2D eigenvalue weighted by atomic mass is 9.88. The number of ether oxygens (including phenoxy) is 3. The second-order valence-corrected chi connectivity index (χ2v) is 5.28. The van der Waals surface area contributed by atoms with Crippen LogP contribution in [0.25, 0.3) is 0 Å². The normalized spacial score (nSPS) is 23.9. The van der Waals surface area contributed by atoms with Crippen LogP contribution in [0.2, 0.25) is 0 Å². The average Bonchev–Trinajstić information content (AvgIpc) is 2.51. The molecule has 0 aromatic heterocycles. The molecule has 1 rings (SSSR count). The highest BCUT2D eigenvalue weighted by molar-refractivity contribution is 5.84. The first kappa shape index (κ1) is 15.9. The van der Waals surface area contributed by atoms with E-state index in [9.17, 15) is 4.79 Å². The Balaban J connectivity index is 2.85. The standard InChI is InChI=1S/C15H24O4/c1-6-17-10-19-14-12(8-13(16)18-7-2)11(3)9-15(14,4)5/h8,14H,3,6-7,9-10H2,1-2,4-5H3/b12-8-. The molecule has 0 spiro atoms. The van der Waals surface area contributed by atoms with E-state index in [1.54, 1.807) is 6.92 Å². The third-order valence-electron chi connectivity index (χ3n) is 3.15. The molecule has 0 N–H and O–H groups in total. The van der Waals surface area contributed by atoms with Gasteiger partial charge in [0, 0.05) is 12.7 Å². The molecule has 108 valence electrons. The van der Waals surface area contributed by atoms with Crippen LogP contribution < -0.4 is 0 Å². The molecular weight excluding hydrogens is 244 g/mol. The Kier molecular flexibility index (Phi) is 5.76. The van der Waals surface area contributed by atoms with Gasteiger partial charge in [0.05, 0.1) is 12.7 Å². The van der Waals surface area contributed by atoms with Crippen LogP contribution in [0, 0.1) is 5.41 Å². The fourth-order valence-electron chi connectivity index (χ4n) is 2.35. The van der Waals surface area contributed by atoms with Gasteiger partial charge < -0.3 is 14.2 Å². The number of carbonyl (C=O) groups is 1. The van der Waals surface area contributed by atoms with Gasteiger partial charge in [0.1, 0.15) is 6.79 Å². The lowest BCUT2D eigenvalue weighted by Crippen LogP contribution is -2.28. The van der Waals surface area contributed by atoms with Crippen molar-refractivity contribution in [3.05, 3.63) is 23.8 Å². The van der Waals surface area contributed by atoms with E-state index in [4.69, 9.17) is 14.2 Å². The topological polar surface area (TPSA) is 44.8 Å². The summed E-state index contributed by atoms with van der Waals surface area (Å²) >= 11 is 0. The van der Waals surface area contributed by atoms with Crippen molar-refractivity contribution in [1.29, 1.82) is 0 Å². The minimum Gasteiger partial charge on any atom is -0.463 e. The van der Waals surface area contributed by atoms with Crippen LogP contribution in [0.5, 0.6) is 0 Å². The second-order valence-electron chi connectivity index (χ2n) is 5.28. The lowest BCUT2D eigenvalue weighted by molar-refractivity contribution is -0.137. The first-order valence-corrected chi connectivity index (χ1v) is 6.68. The van der Waals surface area contributed by atoms with Gasteiger partial charge in [-0.1, -0.05) is 20.4 Å². The van der Waals surface area contributed by atoms with Crippen molar-refractivity contribution in [3.63, 3.8) is 0 Å². The van der Waals surface area contributed by atoms with Crippen molar-refractivity contribution in [2.24, 2.45) is 5.41 Å². The van der Waals surface area contributed by atoms with Gasteiger partial charge in [-0.25, -0.2) is 4.79 Å². The van der Waals surface area contributed by atoms with Crippen LogP contribution in [-0.4, -0.2) is 32.1 Å². The van der Waals surface area contributed by atoms with Crippen LogP contribution in [0.1, 0.15) is 34.1 Å². The molecule has 0 aliphatic heterocycles. The van der Waals surface area contributed by atoms with Gasteiger partial charge in [-0.3, -0.25) is 0 Å². The highest BCUT2D eigenvalue weighted by Crippen LogP contribution is 2.45. The van der Waals surface area contributed by atoms with Gasteiger partial charge in [-0.05, 0) is 36.8 Å². The van der Waals surface area contributed by atoms with E-state index in [1.165, 1.54) is 6.08 Å². The maximum atomic E-state index is 11.6. The molecule has 1 unspecified atom stereocenters. The van der Waals surface area contributed by atoms with Crippen LogP contribution in [0.4, 0.5) is 0 Å². The summed E-state index contributed by atoms with van der Waals surface area (Å²) in [6.07, 6.45) is 2.11. The molecule has 0 aromatic rings. The Morgan fingerprint density at radius 3 is 2.68 bits per heavy atom. The summed E-state index contributed by atoms with van der Waals surface area (Å²) in [4.78, 5) is 11.6. The Labute approximate surface area is 115 Å². The summed E-state index contributed by atoms with van der Waals surface area (Å²) in [6, 6.07) is 0. The van der Waals surface area contributed by atoms with Crippen LogP contribution in [0.15, 0.2) is 23.8 Å². The highest BCUT2D eigenvalue weighted by atomic mass is 16.7. The Morgan fingerprint density at radius 1 is 1.42 bits per heavy atom. The zero-order valence-corrected chi connectivity index (χ0v) is 12.3. The van der Waals surface area contributed by atoms with E-state index in [-0.39, 0.29) is 24.3 Å². The number of hydrogen-bond donors (Lipinski definition) is 0. The quantitative estimate of drug-likeness (QED) is 0.321. The van der Waals surface area contributed by atoms with Crippen molar-refractivity contribution < 1.29 is 19.0 Å².